The van der Waals surface area contributed by atoms with Gasteiger partial charge in [-0.1, -0.05) is 43.7 Å². The fourth-order valence-corrected chi connectivity index (χ4v) is 2.84. The fourth-order valence-electron chi connectivity index (χ4n) is 2.84. The molecule has 176 valence electrons. The molecule has 0 aliphatic carbocycles. The number of esters is 1. The highest BCUT2D eigenvalue weighted by Gasteiger charge is 2.28. The number of carbonyl (C=O) groups excluding carboxylic acids is 4. The second-order valence-corrected chi connectivity index (χ2v) is 7.95. The summed E-state index contributed by atoms with van der Waals surface area (Å²) in [4.78, 5) is 50.4. The summed E-state index contributed by atoms with van der Waals surface area (Å²) in [6.07, 6.45) is 0. The Morgan fingerprint density at radius 1 is 1.03 bits per heavy atom. The average Bonchev–Trinajstić information content (AvgIpc) is 2.76. The van der Waals surface area contributed by atoms with E-state index in [9.17, 15) is 23.6 Å². The number of amides is 3. The van der Waals surface area contributed by atoms with Crippen LogP contribution in [0.15, 0.2) is 48.5 Å². The summed E-state index contributed by atoms with van der Waals surface area (Å²) in [6.45, 7) is 4.44. The summed E-state index contributed by atoms with van der Waals surface area (Å²) in [5.74, 6) is -3.68. The van der Waals surface area contributed by atoms with E-state index in [-0.39, 0.29) is 18.0 Å². The monoisotopic (exact) mass is 457 g/mol. The third-order valence-electron chi connectivity index (χ3n) is 4.81. The van der Waals surface area contributed by atoms with Gasteiger partial charge in [0.05, 0.1) is 12.1 Å². The molecule has 0 heterocycles. The zero-order valence-electron chi connectivity index (χ0n) is 19.1. The molecule has 0 radical (unpaired) electrons. The summed E-state index contributed by atoms with van der Waals surface area (Å²) < 4.78 is 18.9. The van der Waals surface area contributed by atoms with E-state index in [0.717, 1.165) is 16.5 Å². The second kappa shape index (κ2) is 11.8. The van der Waals surface area contributed by atoms with E-state index >= 15 is 0 Å². The van der Waals surface area contributed by atoms with Crippen molar-refractivity contribution in [3.8, 4) is 0 Å². The van der Waals surface area contributed by atoms with Crippen LogP contribution >= 0.6 is 0 Å². The molecular weight excluding hydrogens is 429 g/mol. The van der Waals surface area contributed by atoms with Gasteiger partial charge in [-0.05, 0) is 37.1 Å². The number of carbonyl (C=O) groups is 4. The van der Waals surface area contributed by atoms with Gasteiger partial charge in [0.1, 0.15) is 11.9 Å². The molecule has 0 aliphatic rings. The summed E-state index contributed by atoms with van der Waals surface area (Å²) in [5.41, 5.74) is 1.45. The molecule has 0 aliphatic heterocycles. The van der Waals surface area contributed by atoms with Gasteiger partial charge < -0.3 is 20.3 Å². The third-order valence-corrected chi connectivity index (χ3v) is 4.81. The third kappa shape index (κ3) is 7.71. The Hall–Kier alpha value is -3.75. The molecule has 3 amide bonds. The SMILES string of the molecule is Cc1ccc(NC(=O)CN(C)C(=O)COC(=O)[C@@H](NC(=O)c2ccccc2F)C(C)C)cc1. The number of benzene rings is 2. The predicted molar refractivity (Wildman–Crippen MR) is 121 cm³/mol. The molecule has 0 bridgehead atoms. The molecule has 0 fully saturated rings. The molecule has 8 nitrogen and oxygen atoms in total. The molecule has 0 aromatic heterocycles. The molecule has 9 heteroatoms. The van der Waals surface area contributed by atoms with Crippen LogP contribution in [-0.4, -0.2) is 54.8 Å². The normalized spacial score (nSPS) is 11.5. The van der Waals surface area contributed by atoms with E-state index in [1.165, 1.54) is 25.2 Å². The lowest BCUT2D eigenvalue weighted by Crippen LogP contribution is -2.46. The summed E-state index contributed by atoms with van der Waals surface area (Å²) in [5, 5.41) is 5.12. The summed E-state index contributed by atoms with van der Waals surface area (Å²) >= 11 is 0. The Labute approximate surface area is 192 Å². The van der Waals surface area contributed by atoms with Crippen molar-refractivity contribution < 1.29 is 28.3 Å². The molecule has 0 spiro atoms. The lowest BCUT2D eigenvalue weighted by atomic mass is 10.0. The van der Waals surface area contributed by atoms with Crippen LogP contribution in [0.4, 0.5) is 10.1 Å². The second-order valence-electron chi connectivity index (χ2n) is 7.95. The fraction of sp³-hybridized carbons (Fsp3) is 0.333. The molecule has 0 saturated heterocycles. The molecule has 1 atom stereocenters. The van der Waals surface area contributed by atoms with Crippen molar-refractivity contribution in [2.75, 3.05) is 25.5 Å². The van der Waals surface area contributed by atoms with Gasteiger partial charge in [0.2, 0.25) is 5.91 Å². The number of nitrogens with one attached hydrogen (secondary N) is 2. The molecule has 2 aromatic rings. The maximum Gasteiger partial charge on any atom is 0.329 e. The van der Waals surface area contributed by atoms with Crippen LogP contribution in [0.5, 0.6) is 0 Å². The highest BCUT2D eigenvalue weighted by Crippen LogP contribution is 2.11. The molecule has 2 rings (SSSR count). The highest BCUT2D eigenvalue weighted by molar-refractivity contribution is 5.97. The van der Waals surface area contributed by atoms with Gasteiger partial charge in [0.15, 0.2) is 6.61 Å². The van der Waals surface area contributed by atoms with E-state index in [0.29, 0.717) is 5.69 Å². The Morgan fingerprint density at radius 3 is 2.27 bits per heavy atom. The Morgan fingerprint density at radius 2 is 1.67 bits per heavy atom. The minimum atomic E-state index is -1.08. The van der Waals surface area contributed by atoms with E-state index in [1.54, 1.807) is 26.0 Å². The van der Waals surface area contributed by atoms with E-state index in [2.05, 4.69) is 10.6 Å². The van der Waals surface area contributed by atoms with Crippen molar-refractivity contribution >= 4 is 29.4 Å². The first-order chi connectivity index (χ1) is 15.6. The van der Waals surface area contributed by atoms with Crippen molar-refractivity contribution in [1.82, 2.24) is 10.2 Å². The Kier molecular flexibility index (Phi) is 9.08. The number of likely N-dealkylation sites (N-methyl/N-ethyl adjacent to an activating group) is 1. The summed E-state index contributed by atoms with van der Waals surface area (Å²) in [6, 6.07) is 11.5. The lowest BCUT2D eigenvalue weighted by Gasteiger charge is -2.22. The first-order valence-electron chi connectivity index (χ1n) is 10.4. The van der Waals surface area contributed by atoms with E-state index in [1.807, 2.05) is 19.1 Å². The van der Waals surface area contributed by atoms with Gasteiger partial charge in [0.25, 0.3) is 11.8 Å². The maximum atomic E-state index is 13.8. The van der Waals surface area contributed by atoms with Crippen molar-refractivity contribution in [3.05, 3.63) is 65.5 Å². The van der Waals surface area contributed by atoms with Crippen LogP contribution in [0.1, 0.15) is 29.8 Å². The Bertz CT molecular complexity index is 1010. The van der Waals surface area contributed by atoms with Crippen molar-refractivity contribution in [3.63, 3.8) is 0 Å². The van der Waals surface area contributed by atoms with Gasteiger partial charge in [-0.15, -0.1) is 0 Å². The quantitative estimate of drug-likeness (QED) is 0.563. The first kappa shape index (κ1) is 25.5. The minimum absolute atomic E-state index is 0.202. The predicted octanol–water partition coefficient (Wildman–Crippen LogP) is 2.53. The molecule has 2 aromatic carbocycles. The molecule has 33 heavy (non-hydrogen) atoms. The van der Waals surface area contributed by atoms with Crippen molar-refractivity contribution in [2.24, 2.45) is 5.92 Å². The van der Waals surface area contributed by atoms with Crippen LogP contribution in [0.3, 0.4) is 0 Å². The van der Waals surface area contributed by atoms with Crippen LogP contribution in [0.25, 0.3) is 0 Å². The number of ether oxygens (including phenoxy) is 1. The number of halogens is 1. The van der Waals surface area contributed by atoms with Gasteiger partial charge >= 0.3 is 5.97 Å². The zero-order valence-corrected chi connectivity index (χ0v) is 19.1. The highest BCUT2D eigenvalue weighted by atomic mass is 19.1. The first-order valence-corrected chi connectivity index (χ1v) is 10.4. The topological polar surface area (TPSA) is 105 Å². The van der Waals surface area contributed by atoms with Crippen molar-refractivity contribution in [1.29, 1.82) is 0 Å². The van der Waals surface area contributed by atoms with Crippen LogP contribution in [0, 0.1) is 18.7 Å². The number of rotatable bonds is 9. The maximum absolute atomic E-state index is 13.8. The number of hydrogen-bond donors (Lipinski definition) is 2. The lowest BCUT2D eigenvalue weighted by molar-refractivity contribution is -0.154. The van der Waals surface area contributed by atoms with Crippen LogP contribution in [0.2, 0.25) is 0 Å². The summed E-state index contributed by atoms with van der Waals surface area (Å²) in [7, 11) is 1.41. The van der Waals surface area contributed by atoms with Gasteiger partial charge in [-0.25, -0.2) is 9.18 Å². The largest absolute Gasteiger partial charge is 0.454 e. The van der Waals surface area contributed by atoms with Gasteiger partial charge in [-0.3, -0.25) is 14.4 Å². The van der Waals surface area contributed by atoms with Gasteiger partial charge in [0, 0.05) is 12.7 Å². The molecular formula is C24H28FN3O5. The van der Waals surface area contributed by atoms with Crippen molar-refractivity contribution in [2.45, 2.75) is 26.8 Å². The van der Waals surface area contributed by atoms with E-state index in [4.69, 9.17) is 4.74 Å². The number of aryl methyl sites for hydroxylation is 1. The average molecular weight is 458 g/mol. The number of nitrogens with zero attached hydrogens (tertiary/aromatic N) is 1. The standard InChI is InChI=1S/C24H28FN3O5/c1-15(2)22(27-23(31)18-7-5-6-8-19(18)25)24(32)33-14-21(30)28(4)13-20(29)26-17-11-9-16(3)10-12-17/h5-12,15,22H,13-14H2,1-4H3,(H,26,29)(H,27,31)/t22-/m0/s1. The van der Waals surface area contributed by atoms with Gasteiger partial charge in [-0.2, -0.15) is 0 Å². The molecule has 0 unspecified atom stereocenters. The minimum Gasteiger partial charge on any atom is -0.454 e. The molecule has 0 saturated carbocycles. The van der Waals surface area contributed by atoms with E-state index < -0.39 is 42.2 Å². The number of anilines is 1. The Balaban J connectivity index is 1.87. The van der Waals surface area contributed by atoms with Crippen LogP contribution < -0.4 is 10.6 Å². The smallest absolute Gasteiger partial charge is 0.329 e. The van der Waals surface area contributed by atoms with Crippen LogP contribution in [-0.2, 0) is 19.1 Å². The molecule has 2 N–H and O–H groups in total. The zero-order chi connectivity index (χ0) is 24.5. The number of hydrogen-bond acceptors (Lipinski definition) is 5.